The van der Waals surface area contributed by atoms with Gasteiger partial charge in [0.05, 0.1) is 0 Å². The standard InChI is InChI=1S/H3O8P2/c1-7-10(5,6)8-9(2,3)4/h(H,5,6)(H2,2,3,4). The van der Waals surface area contributed by atoms with Crippen molar-refractivity contribution < 1.29 is 38.1 Å². The van der Waals surface area contributed by atoms with Crippen LogP contribution < -0.4 is 0 Å². The van der Waals surface area contributed by atoms with Crippen molar-refractivity contribution in [1.82, 2.24) is 0 Å². The molecule has 1 atom stereocenters. The third kappa shape index (κ3) is 5.04. The van der Waals surface area contributed by atoms with Crippen LogP contribution in [0.5, 0.6) is 0 Å². The highest BCUT2D eigenvalue weighted by atomic mass is 31.3. The maximum Gasteiger partial charge on any atom is 0.510 e. The van der Waals surface area contributed by atoms with Crippen LogP contribution in [0.15, 0.2) is 0 Å². The van der Waals surface area contributed by atoms with Gasteiger partial charge in [-0.25, -0.2) is 9.13 Å². The average Bonchev–Trinajstić information content (AvgIpc) is 1.60. The predicted octanol–water partition coefficient (Wildman–Crippen LogP) is -0.442. The zero-order valence-electron chi connectivity index (χ0n) is 4.28. The molecule has 0 aliphatic rings. The molecule has 0 aromatic rings. The molecule has 0 heterocycles. The van der Waals surface area contributed by atoms with Crippen molar-refractivity contribution in [2.75, 3.05) is 0 Å². The largest absolute Gasteiger partial charge is 0.510 e. The van der Waals surface area contributed by atoms with Crippen molar-refractivity contribution >= 4 is 15.6 Å². The van der Waals surface area contributed by atoms with Crippen LogP contribution in [0.25, 0.3) is 0 Å². The molecular weight excluding hydrogens is 190 g/mol. The lowest BCUT2D eigenvalue weighted by atomic mass is 15.0. The van der Waals surface area contributed by atoms with Crippen LogP contribution in [0.4, 0.5) is 0 Å². The first kappa shape index (κ1) is 10.2. The average molecular weight is 193 g/mol. The molecule has 0 aliphatic carbocycles. The van der Waals surface area contributed by atoms with E-state index in [0.29, 0.717) is 0 Å². The molecular formula is H3O8P2. The van der Waals surface area contributed by atoms with Crippen molar-refractivity contribution in [3.63, 3.8) is 0 Å². The van der Waals surface area contributed by atoms with E-state index in [1.54, 1.807) is 0 Å². The molecule has 0 amide bonds. The summed E-state index contributed by atoms with van der Waals surface area (Å²) in [5, 5.41) is 9.15. The van der Waals surface area contributed by atoms with Crippen LogP contribution in [0, 0.1) is 0 Å². The molecule has 61 valence electrons. The molecule has 0 aromatic carbocycles. The smallest absolute Gasteiger partial charge is 0.302 e. The Morgan fingerprint density at radius 1 is 1.10 bits per heavy atom. The van der Waals surface area contributed by atoms with E-state index in [-0.39, 0.29) is 0 Å². The Bertz CT molecular complexity index is 185. The van der Waals surface area contributed by atoms with Gasteiger partial charge in [0.25, 0.3) is 0 Å². The Morgan fingerprint density at radius 2 is 1.50 bits per heavy atom. The van der Waals surface area contributed by atoms with Crippen LogP contribution >= 0.6 is 15.6 Å². The predicted molar refractivity (Wildman–Crippen MR) is 24.7 cm³/mol. The van der Waals surface area contributed by atoms with Crippen LogP contribution in [0.3, 0.4) is 0 Å². The molecule has 0 fully saturated rings. The van der Waals surface area contributed by atoms with E-state index in [9.17, 15) is 9.13 Å². The van der Waals surface area contributed by atoms with Crippen molar-refractivity contribution in [2.45, 2.75) is 0 Å². The molecule has 0 saturated heterocycles. The minimum atomic E-state index is -5.14. The molecule has 0 saturated carbocycles. The number of hydrogen-bond acceptors (Lipinski definition) is 4. The summed E-state index contributed by atoms with van der Waals surface area (Å²) in [5.74, 6) is 0. The fraction of sp³-hybridized carbons (Fsp3) is 0. The van der Waals surface area contributed by atoms with Gasteiger partial charge in [-0.15, -0.1) is 0 Å². The van der Waals surface area contributed by atoms with Gasteiger partial charge in [-0.1, -0.05) is 4.67 Å². The molecule has 1 unspecified atom stereocenters. The monoisotopic (exact) mass is 193 g/mol. The summed E-state index contributed by atoms with van der Waals surface area (Å²) >= 11 is 0. The molecule has 10 heavy (non-hydrogen) atoms. The third-order valence-corrected chi connectivity index (χ3v) is 2.17. The van der Waals surface area contributed by atoms with E-state index in [4.69, 9.17) is 19.9 Å². The zero-order valence-corrected chi connectivity index (χ0v) is 6.07. The van der Waals surface area contributed by atoms with Gasteiger partial charge in [0.15, 0.2) is 0 Å². The highest BCUT2D eigenvalue weighted by Crippen LogP contribution is 2.56. The minimum Gasteiger partial charge on any atom is -0.302 e. The fourth-order valence-corrected chi connectivity index (χ4v) is 1.33. The molecule has 8 nitrogen and oxygen atoms in total. The van der Waals surface area contributed by atoms with Gasteiger partial charge < -0.3 is 14.7 Å². The van der Waals surface area contributed by atoms with E-state index < -0.39 is 15.6 Å². The van der Waals surface area contributed by atoms with Crippen LogP contribution in [0.2, 0.25) is 0 Å². The lowest BCUT2D eigenvalue weighted by Gasteiger charge is -2.05. The van der Waals surface area contributed by atoms with Crippen molar-refractivity contribution in [3.8, 4) is 0 Å². The lowest BCUT2D eigenvalue weighted by Crippen LogP contribution is -1.88. The number of rotatable bonds is 3. The molecule has 0 bridgehead atoms. The molecule has 0 aromatic heterocycles. The van der Waals surface area contributed by atoms with Crippen molar-refractivity contribution in [3.05, 3.63) is 0 Å². The maximum atomic E-state index is 9.90. The quantitative estimate of drug-likeness (QED) is 0.314. The van der Waals surface area contributed by atoms with Crippen molar-refractivity contribution in [2.24, 2.45) is 0 Å². The topological polar surface area (TPSA) is 133 Å². The molecule has 0 spiro atoms. The Morgan fingerprint density at radius 3 is 1.60 bits per heavy atom. The lowest BCUT2D eigenvalue weighted by molar-refractivity contribution is -0.224. The van der Waals surface area contributed by atoms with Gasteiger partial charge in [-0.05, 0) is 5.26 Å². The van der Waals surface area contributed by atoms with Gasteiger partial charge in [-0.3, -0.25) is 0 Å². The normalized spacial score (nSPS) is 18.4. The van der Waals surface area contributed by atoms with E-state index in [1.807, 2.05) is 0 Å². The molecule has 0 rings (SSSR count). The van der Waals surface area contributed by atoms with E-state index in [0.717, 1.165) is 0 Å². The first-order chi connectivity index (χ1) is 4.27. The highest BCUT2D eigenvalue weighted by molar-refractivity contribution is 7.60. The summed E-state index contributed by atoms with van der Waals surface area (Å²) in [6.07, 6.45) is 0. The third-order valence-electron chi connectivity index (χ3n) is 0.304. The van der Waals surface area contributed by atoms with E-state index in [1.165, 1.54) is 0 Å². The Labute approximate surface area is 54.8 Å². The Hall–Kier alpha value is 0.220. The molecule has 3 N–H and O–H groups in total. The summed E-state index contributed by atoms with van der Waals surface area (Å²) in [7, 11) is -10.3. The van der Waals surface area contributed by atoms with Crippen LogP contribution in [0.1, 0.15) is 0 Å². The first-order valence-electron chi connectivity index (χ1n) is 1.68. The molecule has 0 aliphatic heterocycles. The summed E-state index contributed by atoms with van der Waals surface area (Å²) < 4.78 is 25.1. The van der Waals surface area contributed by atoms with Gasteiger partial charge >= 0.3 is 15.6 Å². The van der Waals surface area contributed by atoms with Crippen LogP contribution in [-0.2, 0) is 23.4 Å². The number of hydrogen-bond donors (Lipinski definition) is 3. The Balaban J connectivity index is 4.17. The Kier molecular flexibility index (Phi) is 3.15. The number of phosphoric acid groups is 2. The molecule has 1 radical (unpaired) electrons. The van der Waals surface area contributed by atoms with Gasteiger partial charge in [0.2, 0.25) is 0 Å². The van der Waals surface area contributed by atoms with E-state index >= 15 is 0 Å². The first-order valence-corrected chi connectivity index (χ1v) is 4.71. The summed E-state index contributed by atoms with van der Waals surface area (Å²) in [5.41, 5.74) is 0. The summed E-state index contributed by atoms with van der Waals surface area (Å²) in [4.78, 5) is 23.6. The molecule has 10 heteroatoms. The van der Waals surface area contributed by atoms with Crippen LogP contribution in [-0.4, -0.2) is 14.7 Å². The maximum absolute atomic E-state index is 9.90. The summed E-state index contributed by atoms with van der Waals surface area (Å²) in [6, 6.07) is 0. The fourth-order valence-electron chi connectivity index (χ4n) is 0.148. The van der Waals surface area contributed by atoms with E-state index in [2.05, 4.69) is 8.99 Å². The second-order valence-electron chi connectivity index (χ2n) is 1.12. The second-order valence-corrected chi connectivity index (χ2v) is 3.84. The SMILES string of the molecule is [O]OP(=O)(O)OP(=O)(O)O. The van der Waals surface area contributed by atoms with Gasteiger partial charge in [0, 0.05) is 0 Å². The summed E-state index contributed by atoms with van der Waals surface area (Å²) in [6.45, 7) is 0. The van der Waals surface area contributed by atoms with Gasteiger partial charge in [0.1, 0.15) is 0 Å². The second kappa shape index (κ2) is 3.08. The highest BCUT2D eigenvalue weighted by Gasteiger charge is 2.32. The van der Waals surface area contributed by atoms with Gasteiger partial charge in [-0.2, -0.15) is 4.31 Å². The van der Waals surface area contributed by atoms with Crippen molar-refractivity contribution in [1.29, 1.82) is 0 Å². The minimum absolute atomic E-state index is 2.46. The zero-order chi connectivity index (χ0) is 8.41.